The normalized spacial score (nSPS) is 10.5. The lowest BCUT2D eigenvalue weighted by atomic mass is 10.2. The molecule has 0 aliphatic rings. The van der Waals surface area contributed by atoms with Gasteiger partial charge in [-0.25, -0.2) is 24.1 Å². The van der Waals surface area contributed by atoms with Crippen LogP contribution in [0.1, 0.15) is 5.56 Å². The van der Waals surface area contributed by atoms with Gasteiger partial charge in [0.25, 0.3) is 0 Å². The molecule has 0 aliphatic carbocycles. The summed E-state index contributed by atoms with van der Waals surface area (Å²) < 4.78 is 19.4. The molecule has 0 unspecified atom stereocenters. The monoisotopic (exact) mass is 478 g/mol. The number of urea groups is 1. The van der Waals surface area contributed by atoms with Gasteiger partial charge in [0.05, 0.1) is 16.3 Å². The molecule has 0 saturated carbocycles. The van der Waals surface area contributed by atoms with Gasteiger partial charge in [0.15, 0.2) is 0 Å². The fourth-order valence-corrected chi connectivity index (χ4v) is 3.29. The molecule has 8 nitrogen and oxygen atoms in total. The molecule has 0 fully saturated rings. The molecule has 3 N–H and O–H groups in total. The predicted octanol–water partition coefficient (Wildman–Crippen LogP) is 6.12. The molecule has 2 amide bonds. The Bertz CT molecular complexity index is 1350. The fraction of sp³-hybridized carbons (Fsp3) is 0.0833. The highest BCUT2D eigenvalue weighted by Crippen LogP contribution is 2.33. The number of hydrogen-bond acceptors (Lipinski definition) is 6. The molecule has 0 bridgehead atoms. The number of aryl methyl sites for hydroxylation is 1. The van der Waals surface area contributed by atoms with Crippen molar-refractivity contribution < 1.29 is 13.9 Å². The van der Waals surface area contributed by atoms with Crippen LogP contribution in [0.25, 0.3) is 11.3 Å². The summed E-state index contributed by atoms with van der Waals surface area (Å²) in [6.45, 7) is 1.85. The Morgan fingerprint density at radius 1 is 1.00 bits per heavy atom. The number of aromatic nitrogens is 3. The van der Waals surface area contributed by atoms with Crippen molar-refractivity contribution in [2.75, 3.05) is 23.0 Å². The molecule has 2 aromatic carbocycles. The van der Waals surface area contributed by atoms with Crippen molar-refractivity contribution in [2.24, 2.45) is 0 Å². The molecule has 10 heteroatoms. The first-order valence-corrected chi connectivity index (χ1v) is 10.6. The summed E-state index contributed by atoms with van der Waals surface area (Å²) in [5, 5.41) is 8.17. The number of anilines is 3. The highest BCUT2D eigenvalue weighted by molar-refractivity contribution is 6.31. The Morgan fingerprint density at radius 3 is 2.50 bits per heavy atom. The summed E-state index contributed by atoms with van der Waals surface area (Å²) in [4.78, 5) is 25.2. The van der Waals surface area contributed by atoms with Crippen LogP contribution < -0.4 is 20.7 Å². The van der Waals surface area contributed by atoms with E-state index in [0.29, 0.717) is 40.2 Å². The second-order valence-corrected chi connectivity index (χ2v) is 7.57. The summed E-state index contributed by atoms with van der Waals surface area (Å²) in [6.07, 6.45) is 3.29. The third-order valence-corrected chi connectivity index (χ3v) is 5.03. The zero-order valence-corrected chi connectivity index (χ0v) is 19.0. The number of benzene rings is 2. The van der Waals surface area contributed by atoms with Crippen molar-refractivity contribution >= 4 is 35.0 Å². The molecule has 2 aromatic heterocycles. The molecule has 0 aliphatic heterocycles. The zero-order valence-electron chi connectivity index (χ0n) is 18.3. The number of carbonyl (C=O) groups excluding carboxylic acids is 1. The lowest BCUT2D eigenvalue weighted by Gasteiger charge is -2.13. The largest absolute Gasteiger partial charge is 0.438 e. The van der Waals surface area contributed by atoms with Crippen LogP contribution in [0.15, 0.2) is 67.0 Å². The summed E-state index contributed by atoms with van der Waals surface area (Å²) in [6, 6.07) is 14.1. The van der Waals surface area contributed by atoms with Gasteiger partial charge in [-0.3, -0.25) is 0 Å². The SMILES string of the molecule is CNc1nccc(-c2cccnc2Oc2ccc(NC(=O)Nc3ccc(F)c(Cl)c3)cc2C)n1. The van der Waals surface area contributed by atoms with Crippen LogP contribution in [0, 0.1) is 12.7 Å². The number of pyridine rings is 1. The van der Waals surface area contributed by atoms with E-state index in [9.17, 15) is 9.18 Å². The van der Waals surface area contributed by atoms with E-state index in [-0.39, 0.29) is 5.02 Å². The van der Waals surface area contributed by atoms with E-state index < -0.39 is 11.8 Å². The first-order chi connectivity index (χ1) is 16.4. The number of hydrogen-bond donors (Lipinski definition) is 3. The second-order valence-electron chi connectivity index (χ2n) is 7.16. The van der Waals surface area contributed by atoms with Crippen LogP contribution in [0.3, 0.4) is 0 Å². The first-order valence-electron chi connectivity index (χ1n) is 10.2. The Morgan fingerprint density at radius 2 is 1.76 bits per heavy atom. The highest BCUT2D eigenvalue weighted by Gasteiger charge is 2.13. The molecule has 34 heavy (non-hydrogen) atoms. The summed E-state index contributed by atoms with van der Waals surface area (Å²) in [5.41, 5.74) is 3.06. The van der Waals surface area contributed by atoms with E-state index in [4.69, 9.17) is 16.3 Å². The minimum atomic E-state index is -0.558. The van der Waals surface area contributed by atoms with Crippen molar-refractivity contribution in [3.8, 4) is 22.9 Å². The van der Waals surface area contributed by atoms with Crippen molar-refractivity contribution in [3.05, 3.63) is 83.4 Å². The Balaban J connectivity index is 1.49. The third kappa shape index (κ3) is 5.38. The van der Waals surface area contributed by atoms with Gasteiger partial charge in [-0.15, -0.1) is 0 Å². The maximum absolute atomic E-state index is 13.3. The number of nitrogens with one attached hydrogen (secondary N) is 3. The molecule has 2 heterocycles. The molecule has 4 aromatic rings. The molecular formula is C24H20ClFN6O2. The topological polar surface area (TPSA) is 101 Å². The number of amides is 2. The maximum atomic E-state index is 13.3. The first kappa shape index (κ1) is 22.9. The van der Waals surface area contributed by atoms with Crippen molar-refractivity contribution in [1.82, 2.24) is 15.0 Å². The minimum Gasteiger partial charge on any atom is -0.438 e. The average molecular weight is 479 g/mol. The molecule has 0 radical (unpaired) electrons. The van der Waals surface area contributed by atoms with E-state index in [0.717, 1.165) is 5.56 Å². The van der Waals surface area contributed by atoms with Crippen molar-refractivity contribution in [2.45, 2.75) is 6.92 Å². The van der Waals surface area contributed by atoms with Gasteiger partial charge in [0.2, 0.25) is 11.8 Å². The summed E-state index contributed by atoms with van der Waals surface area (Å²) in [7, 11) is 1.74. The van der Waals surface area contributed by atoms with E-state index in [1.165, 1.54) is 18.2 Å². The number of carbonyl (C=O) groups is 1. The van der Waals surface area contributed by atoms with Gasteiger partial charge in [-0.05, 0) is 67.1 Å². The number of ether oxygens (including phenoxy) is 1. The van der Waals surface area contributed by atoms with Crippen molar-refractivity contribution in [1.29, 1.82) is 0 Å². The van der Waals surface area contributed by atoms with Crippen LogP contribution in [0.2, 0.25) is 5.02 Å². The minimum absolute atomic E-state index is 0.0758. The zero-order chi connectivity index (χ0) is 24.1. The van der Waals surface area contributed by atoms with Crippen LogP contribution in [0.5, 0.6) is 11.6 Å². The van der Waals surface area contributed by atoms with Crippen LogP contribution in [-0.2, 0) is 0 Å². The molecule has 0 atom stereocenters. The predicted molar refractivity (Wildman–Crippen MR) is 130 cm³/mol. The van der Waals surface area contributed by atoms with Crippen molar-refractivity contribution in [3.63, 3.8) is 0 Å². The third-order valence-electron chi connectivity index (χ3n) is 4.74. The van der Waals surface area contributed by atoms with Gasteiger partial charge in [0, 0.05) is 30.8 Å². The molecule has 4 rings (SSSR count). The van der Waals surface area contributed by atoms with Gasteiger partial charge >= 0.3 is 6.03 Å². The van der Waals surface area contributed by atoms with E-state index in [1.807, 2.05) is 13.0 Å². The number of halogens is 2. The maximum Gasteiger partial charge on any atom is 0.323 e. The smallest absolute Gasteiger partial charge is 0.323 e. The van der Waals surface area contributed by atoms with E-state index >= 15 is 0 Å². The second kappa shape index (κ2) is 10.1. The van der Waals surface area contributed by atoms with Crippen LogP contribution in [0.4, 0.5) is 26.5 Å². The molecular weight excluding hydrogens is 459 g/mol. The van der Waals surface area contributed by atoms with E-state index in [2.05, 4.69) is 30.9 Å². The Labute approximate surface area is 200 Å². The van der Waals surface area contributed by atoms with Crippen LogP contribution in [-0.4, -0.2) is 28.0 Å². The average Bonchev–Trinajstić information content (AvgIpc) is 2.83. The quantitative estimate of drug-likeness (QED) is 0.309. The Kier molecular flexibility index (Phi) is 6.84. The standard InChI is InChI=1S/C24H20ClFN6O2/c1-14-12-15(30-24(33)31-16-5-7-19(26)18(25)13-16)6-8-21(14)34-22-17(4-3-10-28-22)20-9-11-29-23(27-2)32-20/h3-13H,1-2H3,(H,27,29,32)(H2,30,31,33). The van der Waals surface area contributed by atoms with Gasteiger partial charge in [0.1, 0.15) is 11.6 Å². The van der Waals surface area contributed by atoms with Gasteiger partial charge in [-0.1, -0.05) is 11.6 Å². The van der Waals surface area contributed by atoms with Gasteiger partial charge in [-0.2, -0.15) is 0 Å². The number of nitrogens with zero attached hydrogens (tertiary/aromatic N) is 3. The summed E-state index contributed by atoms with van der Waals surface area (Å²) in [5.74, 6) is 0.884. The highest BCUT2D eigenvalue weighted by atomic mass is 35.5. The summed E-state index contributed by atoms with van der Waals surface area (Å²) >= 11 is 5.75. The lowest BCUT2D eigenvalue weighted by Crippen LogP contribution is -2.19. The Hall–Kier alpha value is -4.24. The van der Waals surface area contributed by atoms with Crippen LogP contribution >= 0.6 is 11.6 Å². The lowest BCUT2D eigenvalue weighted by molar-refractivity contribution is 0.262. The molecule has 172 valence electrons. The molecule has 0 saturated heterocycles. The fourth-order valence-electron chi connectivity index (χ4n) is 3.11. The number of rotatable bonds is 6. The van der Waals surface area contributed by atoms with E-state index in [1.54, 1.807) is 49.8 Å². The van der Waals surface area contributed by atoms with Gasteiger partial charge < -0.3 is 20.7 Å². The molecule has 0 spiro atoms.